The Hall–Kier alpha value is -2.58. The van der Waals surface area contributed by atoms with Gasteiger partial charge in [-0.05, 0) is 71.3 Å². The quantitative estimate of drug-likeness (QED) is 0.511. The fourth-order valence-corrected chi connectivity index (χ4v) is 3.98. The van der Waals surface area contributed by atoms with Crippen LogP contribution in [0.5, 0.6) is 11.5 Å². The first-order valence-electron chi connectivity index (χ1n) is 11.7. The Balaban J connectivity index is 1.49. The number of likely N-dealkylation sites (tertiary alicyclic amines) is 1. The minimum Gasteiger partial charge on any atom is -0.493 e. The summed E-state index contributed by atoms with van der Waals surface area (Å²) in [5.41, 5.74) is 1.77. The molecule has 1 aliphatic heterocycles. The van der Waals surface area contributed by atoms with Gasteiger partial charge in [0.05, 0.1) is 26.0 Å². The second-order valence-electron chi connectivity index (χ2n) is 8.71. The van der Waals surface area contributed by atoms with Crippen molar-refractivity contribution in [1.82, 2.24) is 15.2 Å². The molecule has 8 heteroatoms. The van der Waals surface area contributed by atoms with Crippen molar-refractivity contribution in [3.8, 4) is 23.0 Å². The van der Waals surface area contributed by atoms with Crippen molar-refractivity contribution in [2.45, 2.75) is 52.7 Å². The number of oxazole rings is 1. The number of aromatic nitrogens is 1. The number of hydrogen-bond acceptors (Lipinski definition) is 7. The fourth-order valence-electron chi connectivity index (χ4n) is 3.98. The summed E-state index contributed by atoms with van der Waals surface area (Å²) in [5, 5.41) is 3.05. The smallest absolute Gasteiger partial charge is 0.226 e. The van der Waals surface area contributed by atoms with E-state index in [0.717, 1.165) is 49.4 Å². The molecule has 2 heterocycles. The van der Waals surface area contributed by atoms with Gasteiger partial charge in [0.15, 0.2) is 11.5 Å². The Morgan fingerprint density at radius 3 is 2.61 bits per heavy atom. The number of nitrogens with one attached hydrogen (secondary N) is 1. The van der Waals surface area contributed by atoms with Gasteiger partial charge in [-0.1, -0.05) is 0 Å². The number of carbonyl (C=O) groups is 1. The van der Waals surface area contributed by atoms with Crippen LogP contribution >= 0.6 is 0 Å². The predicted octanol–water partition coefficient (Wildman–Crippen LogP) is 3.81. The Kier molecular flexibility index (Phi) is 9.14. The number of methoxy groups -OCH3 is 2. The number of aryl methyl sites for hydroxylation is 1. The Morgan fingerprint density at radius 1 is 1.21 bits per heavy atom. The molecule has 0 bridgehead atoms. The highest BCUT2D eigenvalue weighted by Gasteiger charge is 2.26. The van der Waals surface area contributed by atoms with E-state index in [1.54, 1.807) is 14.2 Å². The van der Waals surface area contributed by atoms with Gasteiger partial charge in [0.25, 0.3) is 0 Å². The van der Waals surface area contributed by atoms with Gasteiger partial charge in [0.1, 0.15) is 5.76 Å². The lowest BCUT2D eigenvalue weighted by molar-refractivity contribution is -0.126. The minimum atomic E-state index is 0.0768. The van der Waals surface area contributed by atoms with Gasteiger partial charge in [-0.25, -0.2) is 4.98 Å². The van der Waals surface area contributed by atoms with E-state index >= 15 is 0 Å². The first kappa shape index (κ1) is 25.1. The number of carbonyl (C=O) groups excluding carboxylic acids is 1. The summed E-state index contributed by atoms with van der Waals surface area (Å²) in [7, 11) is 3.22. The van der Waals surface area contributed by atoms with Crippen LogP contribution in [0.2, 0.25) is 0 Å². The van der Waals surface area contributed by atoms with Gasteiger partial charge < -0.3 is 23.9 Å². The molecule has 0 atom stereocenters. The highest BCUT2D eigenvalue weighted by Crippen LogP contribution is 2.33. The Morgan fingerprint density at radius 2 is 1.94 bits per heavy atom. The minimum absolute atomic E-state index is 0.0768. The number of nitrogens with zero attached hydrogens (tertiary/aromatic N) is 2. The van der Waals surface area contributed by atoms with Crippen molar-refractivity contribution < 1.29 is 23.4 Å². The normalized spacial score (nSPS) is 15.1. The van der Waals surface area contributed by atoms with Gasteiger partial charge >= 0.3 is 0 Å². The molecule has 0 aliphatic carbocycles. The summed E-state index contributed by atoms with van der Waals surface area (Å²) in [5.74, 6) is 2.92. The van der Waals surface area contributed by atoms with Crippen LogP contribution in [0.3, 0.4) is 0 Å². The van der Waals surface area contributed by atoms with Crippen molar-refractivity contribution in [3.63, 3.8) is 0 Å². The van der Waals surface area contributed by atoms with Gasteiger partial charge in [-0.15, -0.1) is 0 Å². The fraction of sp³-hybridized carbons (Fsp3) is 0.600. The topological polar surface area (TPSA) is 86.1 Å². The highest BCUT2D eigenvalue weighted by atomic mass is 16.5. The zero-order valence-corrected chi connectivity index (χ0v) is 20.5. The van der Waals surface area contributed by atoms with Crippen molar-refractivity contribution in [3.05, 3.63) is 29.7 Å². The molecule has 2 aromatic rings. The molecule has 33 heavy (non-hydrogen) atoms. The molecule has 0 radical (unpaired) electrons. The molecule has 1 aromatic heterocycles. The molecule has 0 spiro atoms. The molecule has 1 amide bonds. The van der Waals surface area contributed by atoms with Crippen LogP contribution in [-0.4, -0.2) is 62.4 Å². The van der Waals surface area contributed by atoms with Crippen LogP contribution in [0, 0.1) is 12.8 Å². The standard InChI is InChI=1S/C25H37N3O5/c1-17(2)32-14-6-11-26-24(29)19-9-12-28(13-10-19)16-21-18(3)33-25(27-21)20-7-8-22(30-4)23(15-20)31-5/h7-8,15,17,19H,6,9-14,16H2,1-5H3,(H,26,29). The summed E-state index contributed by atoms with van der Waals surface area (Å²) < 4.78 is 22.2. The van der Waals surface area contributed by atoms with Crippen LogP contribution in [0.4, 0.5) is 0 Å². The molecule has 1 N–H and O–H groups in total. The van der Waals surface area contributed by atoms with Gasteiger partial charge in [0.2, 0.25) is 11.8 Å². The molecule has 1 saturated heterocycles. The number of benzene rings is 1. The zero-order valence-electron chi connectivity index (χ0n) is 20.5. The van der Waals surface area contributed by atoms with Gasteiger partial charge in [0, 0.05) is 31.2 Å². The molecule has 8 nitrogen and oxygen atoms in total. The van der Waals surface area contributed by atoms with Gasteiger partial charge in [-0.2, -0.15) is 0 Å². The average molecular weight is 460 g/mol. The third-order valence-electron chi connectivity index (χ3n) is 5.93. The molecule has 1 fully saturated rings. The second kappa shape index (κ2) is 12.0. The molecule has 182 valence electrons. The van der Waals surface area contributed by atoms with E-state index in [0.29, 0.717) is 37.1 Å². The van der Waals surface area contributed by atoms with E-state index in [2.05, 4.69) is 10.2 Å². The molecule has 0 saturated carbocycles. The van der Waals surface area contributed by atoms with Crippen molar-refractivity contribution in [1.29, 1.82) is 0 Å². The number of ether oxygens (including phenoxy) is 3. The molecule has 3 rings (SSSR count). The molecular weight excluding hydrogens is 422 g/mol. The van der Waals surface area contributed by atoms with E-state index in [1.807, 2.05) is 39.0 Å². The van der Waals surface area contributed by atoms with Crippen LogP contribution in [-0.2, 0) is 16.1 Å². The van der Waals surface area contributed by atoms with E-state index in [9.17, 15) is 4.79 Å². The van der Waals surface area contributed by atoms with Crippen LogP contribution < -0.4 is 14.8 Å². The molecule has 1 aliphatic rings. The van der Waals surface area contributed by atoms with Crippen molar-refractivity contribution in [2.75, 3.05) is 40.5 Å². The first-order chi connectivity index (χ1) is 15.9. The molecule has 0 unspecified atom stereocenters. The van der Waals surface area contributed by atoms with E-state index in [-0.39, 0.29) is 17.9 Å². The Labute approximate surface area is 196 Å². The SMILES string of the molecule is COc1ccc(-c2nc(CN3CCC(C(=O)NCCCOC(C)C)CC3)c(C)o2)cc1OC. The monoisotopic (exact) mass is 459 g/mol. The summed E-state index contributed by atoms with van der Waals surface area (Å²) >= 11 is 0. The second-order valence-corrected chi connectivity index (χ2v) is 8.71. The number of hydrogen-bond donors (Lipinski definition) is 1. The first-order valence-corrected chi connectivity index (χ1v) is 11.7. The average Bonchev–Trinajstić information content (AvgIpc) is 3.18. The lowest BCUT2D eigenvalue weighted by atomic mass is 9.95. The molecule has 1 aromatic carbocycles. The zero-order chi connectivity index (χ0) is 23.8. The molecular formula is C25H37N3O5. The number of amides is 1. The van der Waals surface area contributed by atoms with Crippen molar-refractivity contribution >= 4 is 5.91 Å². The third-order valence-corrected chi connectivity index (χ3v) is 5.93. The van der Waals surface area contributed by atoms with Crippen LogP contribution in [0.15, 0.2) is 22.6 Å². The summed E-state index contributed by atoms with van der Waals surface area (Å²) in [6.07, 6.45) is 2.78. The Bertz CT molecular complexity index is 903. The maximum Gasteiger partial charge on any atom is 0.226 e. The summed E-state index contributed by atoms with van der Waals surface area (Å²) in [6.45, 7) is 9.77. The van der Waals surface area contributed by atoms with E-state index in [4.69, 9.17) is 23.6 Å². The summed E-state index contributed by atoms with van der Waals surface area (Å²) in [6, 6.07) is 5.63. The number of rotatable bonds is 11. The lowest BCUT2D eigenvalue weighted by Crippen LogP contribution is -2.40. The summed E-state index contributed by atoms with van der Waals surface area (Å²) in [4.78, 5) is 19.5. The van der Waals surface area contributed by atoms with Crippen LogP contribution in [0.25, 0.3) is 11.5 Å². The van der Waals surface area contributed by atoms with E-state index < -0.39 is 0 Å². The third kappa shape index (κ3) is 6.95. The number of piperidine rings is 1. The highest BCUT2D eigenvalue weighted by molar-refractivity contribution is 5.78. The maximum atomic E-state index is 12.5. The maximum absolute atomic E-state index is 12.5. The predicted molar refractivity (Wildman–Crippen MR) is 126 cm³/mol. The van der Waals surface area contributed by atoms with E-state index in [1.165, 1.54) is 0 Å². The lowest BCUT2D eigenvalue weighted by Gasteiger charge is -2.30. The van der Waals surface area contributed by atoms with Crippen molar-refractivity contribution in [2.24, 2.45) is 5.92 Å². The largest absolute Gasteiger partial charge is 0.493 e. The van der Waals surface area contributed by atoms with Crippen LogP contribution in [0.1, 0.15) is 44.6 Å². The van der Waals surface area contributed by atoms with Gasteiger partial charge in [-0.3, -0.25) is 9.69 Å².